The zero-order chi connectivity index (χ0) is 23.9. The van der Waals surface area contributed by atoms with Crippen LogP contribution in [0.25, 0.3) is 10.2 Å². The molecule has 0 aliphatic carbocycles. The van der Waals surface area contributed by atoms with Gasteiger partial charge < -0.3 is 9.47 Å². The van der Waals surface area contributed by atoms with Gasteiger partial charge in [-0.05, 0) is 62.1 Å². The molecule has 1 amide bonds. The van der Waals surface area contributed by atoms with Crippen LogP contribution in [0.3, 0.4) is 0 Å². The summed E-state index contributed by atoms with van der Waals surface area (Å²) >= 11 is 1.61. The molecule has 6 nitrogen and oxygen atoms in total. The molecule has 1 aliphatic rings. The van der Waals surface area contributed by atoms with Crippen LogP contribution in [-0.4, -0.2) is 61.8 Å². The molecule has 0 radical (unpaired) electrons. The van der Waals surface area contributed by atoms with Gasteiger partial charge in [0.2, 0.25) is 0 Å². The van der Waals surface area contributed by atoms with Crippen molar-refractivity contribution >= 4 is 32.6 Å². The van der Waals surface area contributed by atoms with Crippen molar-refractivity contribution < 1.29 is 14.3 Å². The van der Waals surface area contributed by atoms with Gasteiger partial charge in [-0.3, -0.25) is 14.6 Å². The SMILES string of the molecule is CCCCOc1ccc(C(=O)N(CCCN2CCOCC2)c2nc3c(C)ccc(C)c3s2)cc1. The van der Waals surface area contributed by atoms with Gasteiger partial charge in [0.15, 0.2) is 5.13 Å². The second kappa shape index (κ2) is 11.8. The van der Waals surface area contributed by atoms with Crippen molar-refractivity contribution in [2.75, 3.05) is 50.9 Å². The number of thiazole rings is 1. The normalized spacial score (nSPS) is 14.4. The number of nitrogens with zero attached hydrogens (tertiary/aromatic N) is 3. The molecule has 0 spiro atoms. The lowest BCUT2D eigenvalue weighted by Gasteiger charge is -2.27. The molecule has 1 fully saturated rings. The number of benzene rings is 2. The number of carbonyl (C=O) groups is 1. The third-order valence-electron chi connectivity index (χ3n) is 6.23. The lowest BCUT2D eigenvalue weighted by molar-refractivity contribution is 0.0376. The highest BCUT2D eigenvalue weighted by Crippen LogP contribution is 2.34. The zero-order valence-electron chi connectivity index (χ0n) is 20.5. The fraction of sp³-hybridized carbons (Fsp3) is 0.481. The smallest absolute Gasteiger partial charge is 0.260 e. The number of carbonyl (C=O) groups excluding carboxylic acids is 1. The van der Waals surface area contributed by atoms with Crippen LogP contribution in [0, 0.1) is 13.8 Å². The Morgan fingerprint density at radius 1 is 1.09 bits per heavy atom. The number of hydrogen-bond donors (Lipinski definition) is 0. The first-order valence-corrected chi connectivity index (χ1v) is 13.1. The summed E-state index contributed by atoms with van der Waals surface area (Å²) in [5, 5.41) is 0.766. The van der Waals surface area contributed by atoms with Crippen molar-refractivity contribution in [3.63, 3.8) is 0 Å². The van der Waals surface area contributed by atoms with Crippen molar-refractivity contribution in [2.24, 2.45) is 0 Å². The Labute approximate surface area is 206 Å². The Morgan fingerprint density at radius 2 is 1.82 bits per heavy atom. The first-order chi connectivity index (χ1) is 16.6. The van der Waals surface area contributed by atoms with Gasteiger partial charge >= 0.3 is 0 Å². The Kier molecular flexibility index (Phi) is 8.53. The topological polar surface area (TPSA) is 54.9 Å². The maximum atomic E-state index is 13.7. The molecule has 182 valence electrons. The molecule has 2 aromatic carbocycles. The molecular formula is C27H35N3O3S. The molecule has 2 heterocycles. The van der Waals surface area contributed by atoms with Crippen LogP contribution in [0.15, 0.2) is 36.4 Å². The fourth-order valence-electron chi connectivity index (χ4n) is 4.11. The molecule has 0 unspecified atom stereocenters. The fourth-order valence-corrected chi connectivity index (χ4v) is 5.24. The Bertz CT molecular complexity index is 1050. The summed E-state index contributed by atoms with van der Waals surface area (Å²) in [6.07, 6.45) is 3.00. The van der Waals surface area contributed by atoms with Crippen molar-refractivity contribution in [2.45, 2.75) is 40.0 Å². The van der Waals surface area contributed by atoms with E-state index in [2.05, 4.69) is 37.8 Å². The van der Waals surface area contributed by atoms with E-state index in [9.17, 15) is 4.79 Å². The van der Waals surface area contributed by atoms with Gasteiger partial charge in [-0.25, -0.2) is 4.98 Å². The van der Waals surface area contributed by atoms with Crippen LogP contribution in [0.1, 0.15) is 47.7 Å². The second-order valence-corrected chi connectivity index (χ2v) is 9.84. The Balaban J connectivity index is 1.55. The number of amides is 1. The number of ether oxygens (including phenoxy) is 2. The van der Waals surface area contributed by atoms with Crippen LogP contribution in [0.5, 0.6) is 5.75 Å². The first-order valence-electron chi connectivity index (χ1n) is 12.3. The van der Waals surface area contributed by atoms with Crippen LogP contribution in [0.2, 0.25) is 0 Å². The number of fused-ring (bicyclic) bond motifs is 1. The number of rotatable bonds is 10. The maximum Gasteiger partial charge on any atom is 0.260 e. The van der Waals surface area contributed by atoms with E-state index < -0.39 is 0 Å². The highest BCUT2D eigenvalue weighted by molar-refractivity contribution is 7.22. The lowest BCUT2D eigenvalue weighted by atomic mass is 10.1. The molecular weight excluding hydrogens is 446 g/mol. The molecule has 0 saturated carbocycles. The van der Waals surface area contributed by atoms with E-state index in [4.69, 9.17) is 14.5 Å². The van der Waals surface area contributed by atoms with Crippen LogP contribution < -0.4 is 9.64 Å². The Hall–Kier alpha value is -2.48. The molecule has 0 atom stereocenters. The summed E-state index contributed by atoms with van der Waals surface area (Å²) in [7, 11) is 0. The van der Waals surface area contributed by atoms with E-state index >= 15 is 0 Å². The number of morpholine rings is 1. The van der Waals surface area contributed by atoms with Crippen molar-refractivity contribution in [1.82, 2.24) is 9.88 Å². The molecule has 0 N–H and O–H groups in total. The summed E-state index contributed by atoms with van der Waals surface area (Å²) in [4.78, 5) is 22.8. The molecule has 7 heteroatoms. The van der Waals surface area contributed by atoms with Crippen LogP contribution in [0.4, 0.5) is 5.13 Å². The third-order valence-corrected chi connectivity index (χ3v) is 7.45. The summed E-state index contributed by atoms with van der Waals surface area (Å²) in [6, 6.07) is 11.7. The van der Waals surface area contributed by atoms with E-state index in [0.717, 1.165) is 78.8 Å². The monoisotopic (exact) mass is 481 g/mol. The van der Waals surface area contributed by atoms with Gasteiger partial charge in [-0.15, -0.1) is 0 Å². The first kappa shape index (κ1) is 24.6. The maximum absolute atomic E-state index is 13.7. The van der Waals surface area contributed by atoms with Gasteiger partial charge in [-0.2, -0.15) is 0 Å². The minimum atomic E-state index is -0.0172. The largest absolute Gasteiger partial charge is 0.494 e. The Morgan fingerprint density at radius 3 is 2.53 bits per heavy atom. The van der Waals surface area contributed by atoms with Gasteiger partial charge in [0, 0.05) is 31.7 Å². The van der Waals surface area contributed by atoms with E-state index in [1.54, 1.807) is 11.3 Å². The van der Waals surface area contributed by atoms with Crippen molar-refractivity contribution in [3.8, 4) is 5.75 Å². The standard InChI is InChI=1S/C27H35N3O3S/c1-4-5-17-33-23-11-9-22(10-12-23)26(31)30(14-6-13-29-15-18-32-19-16-29)27-28-24-20(2)7-8-21(3)25(24)34-27/h7-12H,4-6,13-19H2,1-3H3. The van der Waals surface area contributed by atoms with Crippen molar-refractivity contribution in [1.29, 1.82) is 0 Å². The second-order valence-electron chi connectivity index (χ2n) is 8.86. The van der Waals surface area contributed by atoms with Gasteiger partial charge in [0.05, 0.1) is 30.0 Å². The number of aryl methyl sites for hydroxylation is 2. The summed E-state index contributed by atoms with van der Waals surface area (Å²) in [5.74, 6) is 0.784. The number of unbranched alkanes of at least 4 members (excludes halogenated alkanes) is 1. The number of anilines is 1. The highest BCUT2D eigenvalue weighted by Gasteiger charge is 2.23. The summed E-state index contributed by atoms with van der Waals surface area (Å²) < 4.78 is 12.4. The molecule has 1 saturated heterocycles. The van der Waals surface area contributed by atoms with Crippen LogP contribution in [-0.2, 0) is 4.74 Å². The van der Waals surface area contributed by atoms with E-state index in [1.807, 2.05) is 29.2 Å². The average Bonchev–Trinajstić information content (AvgIpc) is 3.32. The third kappa shape index (κ3) is 5.95. The van der Waals surface area contributed by atoms with Gasteiger partial charge in [-0.1, -0.05) is 36.8 Å². The lowest BCUT2D eigenvalue weighted by Crippen LogP contribution is -2.39. The molecule has 1 aromatic heterocycles. The molecule has 4 rings (SSSR count). The zero-order valence-corrected chi connectivity index (χ0v) is 21.3. The van der Waals surface area contributed by atoms with E-state index in [0.29, 0.717) is 18.7 Å². The molecule has 1 aliphatic heterocycles. The highest BCUT2D eigenvalue weighted by atomic mass is 32.1. The predicted octanol–water partition coefficient (Wildman–Crippen LogP) is 5.46. The van der Waals surface area contributed by atoms with E-state index in [1.165, 1.54) is 5.56 Å². The quantitative estimate of drug-likeness (QED) is 0.360. The minimum Gasteiger partial charge on any atom is -0.494 e. The number of aromatic nitrogens is 1. The van der Waals surface area contributed by atoms with Gasteiger partial charge in [0.1, 0.15) is 5.75 Å². The van der Waals surface area contributed by atoms with Crippen molar-refractivity contribution in [3.05, 3.63) is 53.1 Å². The average molecular weight is 482 g/mol. The summed E-state index contributed by atoms with van der Waals surface area (Å²) in [5.41, 5.74) is 3.98. The minimum absolute atomic E-state index is 0.0172. The molecule has 0 bridgehead atoms. The predicted molar refractivity (Wildman–Crippen MR) is 139 cm³/mol. The van der Waals surface area contributed by atoms with Gasteiger partial charge in [0.25, 0.3) is 5.91 Å². The molecule has 3 aromatic rings. The summed E-state index contributed by atoms with van der Waals surface area (Å²) in [6.45, 7) is 12.1. The van der Waals surface area contributed by atoms with E-state index in [-0.39, 0.29) is 5.91 Å². The molecule has 34 heavy (non-hydrogen) atoms. The number of hydrogen-bond acceptors (Lipinski definition) is 6. The van der Waals surface area contributed by atoms with Crippen LogP contribution >= 0.6 is 11.3 Å².